The maximum atomic E-state index is 13.4. The van der Waals surface area contributed by atoms with Gasteiger partial charge >= 0.3 is 0 Å². The molecular weight excluding hydrogens is 404 g/mol. The predicted octanol–water partition coefficient (Wildman–Crippen LogP) is 4.36. The van der Waals surface area contributed by atoms with Gasteiger partial charge in [-0.25, -0.2) is 4.98 Å². The molecule has 4 N–H and O–H groups in total. The molecule has 0 saturated heterocycles. The molecule has 1 aliphatic heterocycles. The third-order valence-electron chi connectivity index (χ3n) is 4.79. The van der Waals surface area contributed by atoms with Crippen molar-refractivity contribution in [2.24, 2.45) is 4.40 Å². The van der Waals surface area contributed by atoms with Gasteiger partial charge in [0.25, 0.3) is 5.56 Å². The number of pyridine rings is 2. The first-order chi connectivity index (χ1) is 14.3. The highest BCUT2D eigenvalue weighted by Crippen LogP contribution is 2.55. The molecule has 0 fully saturated rings. The van der Waals surface area contributed by atoms with Crippen molar-refractivity contribution in [2.75, 3.05) is 5.32 Å². The second-order valence-electron chi connectivity index (χ2n) is 7.20. The standard InChI is InChI=1S/C21H22N4O4S/c1-13(2)7-6-12-25-20-14(8-5-11-22-20)18(26)17(21(25)27)19-23-15-9-3-4-10-16(15)30(28,29)24-19/h3-5,7-11,26,28-29H,6,12H2,1-2H3,(H,23,24). The van der Waals surface area contributed by atoms with Crippen LogP contribution in [0.3, 0.4) is 0 Å². The van der Waals surface area contributed by atoms with Gasteiger partial charge in [-0.2, -0.15) is 0 Å². The highest BCUT2D eigenvalue weighted by molar-refractivity contribution is 8.23. The number of aromatic nitrogens is 2. The van der Waals surface area contributed by atoms with Gasteiger partial charge in [0.1, 0.15) is 21.9 Å². The van der Waals surface area contributed by atoms with E-state index in [4.69, 9.17) is 0 Å². The highest BCUT2D eigenvalue weighted by Gasteiger charge is 2.30. The summed E-state index contributed by atoms with van der Waals surface area (Å²) in [5.74, 6) is -0.389. The second kappa shape index (κ2) is 7.60. The van der Waals surface area contributed by atoms with E-state index in [1.165, 1.54) is 4.57 Å². The maximum absolute atomic E-state index is 13.4. The number of hydrogen-bond donors (Lipinski definition) is 4. The van der Waals surface area contributed by atoms with Gasteiger partial charge in [-0.1, -0.05) is 34.6 Å². The van der Waals surface area contributed by atoms with Gasteiger partial charge in [-0.05, 0) is 44.5 Å². The molecule has 0 unspecified atom stereocenters. The SMILES string of the molecule is CC(C)=CCCn1c(=O)c(C2=NS(O)(O)c3ccccc3N2)c(O)c2cccnc21. The number of nitrogens with one attached hydrogen (secondary N) is 1. The molecule has 9 heteroatoms. The first-order valence-electron chi connectivity index (χ1n) is 9.38. The fourth-order valence-electron chi connectivity index (χ4n) is 3.41. The summed E-state index contributed by atoms with van der Waals surface area (Å²) >= 11 is 0. The number of amidine groups is 1. The summed E-state index contributed by atoms with van der Waals surface area (Å²) in [6.45, 7) is 4.31. The number of allylic oxidation sites excluding steroid dienone is 2. The van der Waals surface area contributed by atoms with Crippen LogP contribution in [0.4, 0.5) is 5.69 Å². The van der Waals surface area contributed by atoms with E-state index in [1.54, 1.807) is 42.6 Å². The lowest BCUT2D eigenvalue weighted by molar-refractivity contribution is 0.476. The Hall–Kier alpha value is -3.14. The van der Waals surface area contributed by atoms with E-state index in [0.29, 0.717) is 29.7 Å². The average Bonchev–Trinajstić information content (AvgIpc) is 2.70. The minimum atomic E-state index is -3.53. The number of aromatic hydroxyl groups is 1. The largest absolute Gasteiger partial charge is 0.506 e. The molecule has 8 nitrogen and oxygen atoms in total. The molecule has 0 spiro atoms. The van der Waals surface area contributed by atoms with Crippen molar-refractivity contribution in [3.8, 4) is 5.75 Å². The zero-order valence-corrected chi connectivity index (χ0v) is 17.3. The van der Waals surface area contributed by atoms with E-state index in [9.17, 15) is 19.0 Å². The van der Waals surface area contributed by atoms with Gasteiger partial charge in [-0.3, -0.25) is 18.5 Å². The summed E-state index contributed by atoms with van der Waals surface area (Å²) in [7, 11) is -3.53. The zero-order chi connectivity index (χ0) is 21.5. The topological polar surface area (TPSA) is 120 Å². The van der Waals surface area contributed by atoms with Crippen LogP contribution >= 0.6 is 10.8 Å². The van der Waals surface area contributed by atoms with Crippen LogP contribution in [-0.2, 0) is 6.54 Å². The zero-order valence-electron chi connectivity index (χ0n) is 16.5. The lowest BCUT2D eigenvalue weighted by Crippen LogP contribution is -2.32. The number of hydrogen-bond acceptors (Lipinski definition) is 7. The van der Waals surface area contributed by atoms with Crippen molar-refractivity contribution in [3.05, 3.63) is 70.2 Å². The number of fused-ring (bicyclic) bond motifs is 2. The number of nitrogens with zero attached hydrogens (tertiary/aromatic N) is 3. The molecular formula is C21H22N4O4S. The first kappa shape index (κ1) is 20.1. The number of para-hydroxylation sites is 1. The van der Waals surface area contributed by atoms with Gasteiger partial charge < -0.3 is 10.4 Å². The Labute approximate surface area is 174 Å². The molecule has 30 heavy (non-hydrogen) atoms. The molecule has 0 saturated carbocycles. The van der Waals surface area contributed by atoms with Crippen LogP contribution in [-0.4, -0.2) is 29.6 Å². The number of anilines is 1. The normalized spacial score (nSPS) is 15.7. The quantitative estimate of drug-likeness (QED) is 0.460. The minimum Gasteiger partial charge on any atom is -0.506 e. The predicted molar refractivity (Wildman–Crippen MR) is 119 cm³/mol. The Morgan fingerprint density at radius 1 is 1.20 bits per heavy atom. The van der Waals surface area contributed by atoms with Crippen LogP contribution in [0.5, 0.6) is 5.75 Å². The molecule has 0 bridgehead atoms. The van der Waals surface area contributed by atoms with Gasteiger partial charge in [0.15, 0.2) is 5.84 Å². The smallest absolute Gasteiger partial charge is 0.267 e. The van der Waals surface area contributed by atoms with Gasteiger partial charge in [0.2, 0.25) is 0 Å². The van der Waals surface area contributed by atoms with Crippen molar-refractivity contribution in [3.63, 3.8) is 0 Å². The van der Waals surface area contributed by atoms with E-state index >= 15 is 0 Å². The van der Waals surface area contributed by atoms with Crippen molar-refractivity contribution in [1.29, 1.82) is 0 Å². The molecule has 0 amide bonds. The van der Waals surface area contributed by atoms with Crippen LogP contribution in [0.15, 0.2) is 68.3 Å². The van der Waals surface area contributed by atoms with Crippen molar-refractivity contribution < 1.29 is 14.2 Å². The van der Waals surface area contributed by atoms with Crippen molar-refractivity contribution >= 4 is 33.3 Å². The average molecular weight is 426 g/mol. The summed E-state index contributed by atoms with van der Waals surface area (Å²) in [6, 6.07) is 9.94. The summed E-state index contributed by atoms with van der Waals surface area (Å²) in [5, 5.41) is 14.2. The summed E-state index contributed by atoms with van der Waals surface area (Å²) in [4.78, 5) is 17.9. The molecule has 156 valence electrons. The fraction of sp³-hybridized carbons (Fsp3) is 0.190. The molecule has 1 aromatic carbocycles. The molecule has 0 radical (unpaired) electrons. The Morgan fingerprint density at radius 3 is 2.73 bits per heavy atom. The van der Waals surface area contributed by atoms with E-state index in [1.807, 2.05) is 19.9 Å². The Morgan fingerprint density at radius 2 is 1.97 bits per heavy atom. The summed E-state index contributed by atoms with van der Waals surface area (Å²) in [5.41, 5.74) is 1.27. The van der Waals surface area contributed by atoms with Crippen LogP contribution < -0.4 is 10.9 Å². The number of rotatable bonds is 4. The minimum absolute atomic E-state index is 0.0853. The Bertz CT molecular complexity index is 1260. The maximum Gasteiger partial charge on any atom is 0.267 e. The Balaban J connectivity index is 1.93. The summed E-state index contributed by atoms with van der Waals surface area (Å²) < 4.78 is 26.5. The fourth-order valence-corrected chi connectivity index (χ4v) is 4.58. The number of aryl methyl sites for hydroxylation is 1. The second-order valence-corrected chi connectivity index (χ2v) is 8.87. The van der Waals surface area contributed by atoms with Gasteiger partial charge in [0, 0.05) is 12.7 Å². The van der Waals surface area contributed by atoms with E-state index in [2.05, 4.69) is 14.7 Å². The third-order valence-corrected chi connectivity index (χ3v) is 6.17. The molecule has 3 heterocycles. The van der Waals surface area contributed by atoms with Gasteiger partial charge in [0.05, 0.1) is 11.1 Å². The van der Waals surface area contributed by atoms with E-state index in [-0.39, 0.29) is 22.0 Å². The van der Waals surface area contributed by atoms with Crippen molar-refractivity contribution in [2.45, 2.75) is 31.7 Å². The molecule has 1 aliphatic rings. The monoisotopic (exact) mass is 426 g/mol. The lowest BCUT2D eigenvalue weighted by atomic mass is 10.1. The van der Waals surface area contributed by atoms with Crippen LogP contribution in [0, 0.1) is 0 Å². The first-order valence-corrected chi connectivity index (χ1v) is 10.9. The van der Waals surface area contributed by atoms with Gasteiger partial charge in [-0.15, -0.1) is 4.40 Å². The third kappa shape index (κ3) is 3.47. The summed E-state index contributed by atoms with van der Waals surface area (Å²) in [6.07, 6.45) is 4.18. The molecule has 0 aliphatic carbocycles. The lowest BCUT2D eigenvalue weighted by Gasteiger charge is -2.34. The van der Waals surface area contributed by atoms with Crippen molar-refractivity contribution in [1.82, 2.24) is 9.55 Å². The van der Waals surface area contributed by atoms with Crippen LogP contribution in [0.25, 0.3) is 11.0 Å². The molecule has 3 aromatic rings. The molecule has 0 atom stereocenters. The highest BCUT2D eigenvalue weighted by atomic mass is 32.3. The van der Waals surface area contributed by atoms with E-state index in [0.717, 1.165) is 5.57 Å². The van der Waals surface area contributed by atoms with Crippen LogP contribution in [0.2, 0.25) is 0 Å². The van der Waals surface area contributed by atoms with Crippen LogP contribution in [0.1, 0.15) is 25.8 Å². The number of benzene rings is 1. The molecule has 2 aromatic heterocycles. The van der Waals surface area contributed by atoms with E-state index < -0.39 is 16.3 Å². The Kier molecular flexibility index (Phi) is 5.10. The molecule has 4 rings (SSSR count).